The quantitative estimate of drug-likeness (QED) is 0.555. The van der Waals surface area contributed by atoms with E-state index < -0.39 is 26.8 Å². The van der Waals surface area contributed by atoms with Crippen molar-refractivity contribution in [3.05, 3.63) is 47.6 Å². The van der Waals surface area contributed by atoms with Crippen LogP contribution >= 0.6 is 0 Å². The summed E-state index contributed by atoms with van der Waals surface area (Å²) in [6.45, 7) is 14.9. The summed E-state index contributed by atoms with van der Waals surface area (Å²) in [5.41, 5.74) is 3.24. The molecule has 2 aliphatic rings. The summed E-state index contributed by atoms with van der Waals surface area (Å²) in [5, 5.41) is 0. The maximum atomic E-state index is 2.59. The molecule has 0 bridgehead atoms. The molecule has 20 heavy (non-hydrogen) atoms. The molecule has 0 amide bonds. The molecule has 111 valence electrons. The van der Waals surface area contributed by atoms with Gasteiger partial charge in [-0.1, -0.05) is 0 Å². The summed E-state index contributed by atoms with van der Waals surface area (Å²) in [6.07, 6.45) is 14.3. The molecule has 0 saturated heterocycles. The normalized spacial score (nSPS) is 30.8. The first kappa shape index (κ1) is 19.9. The summed E-state index contributed by atoms with van der Waals surface area (Å²) >= 11 is -1.63. The molecule has 0 heterocycles. The molecule has 0 aromatic carbocycles. The predicted molar refractivity (Wildman–Crippen MR) is 81.4 cm³/mol. The molecular formula is C16H25F2SiZr. The fourth-order valence-electron chi connectivity index (χ4n) is 3.72. The van der Waals surface area contributed by atoms with Gasteiger partial charge in [0, 0.05) is 0 Å². The van der Waals surface area contributed by atoms with Crippen LogP contribution in [0.5, 0.6) is 0 Å². The van der Waals surface area contributed by atoms with Crippen molar-refractivity contribution >= 4 is 5.92 Å². The van der Waals surface area contributed by atoms with E-state index in [1.54, 1.807) is 11.1 Å². The van der Waals surface area contributed by atoms with Crippen LogP contribution in [-0.2, 0) is 20.9 Å². The third kappa shape index (κ3) is 2.92. The van der Waals surface area contributed by atoms with Crippen molar-refractivity contribution in [1.29, 1.82) is 0 Å². The monoisotopic (exact) mass is 373 g/mol. The van der Waals surface area contributed by atoms with Crippen molar-refractivity contribution in [2.24, 2.45) is 0 Å². The van der Waals surface area contributed by atoms with Crippen LogP contribution in [-0.4, -0.2) is 5.92 Å². The smallest absolute Gasteiger partial charge is 1.00 e. The van der Waals surface area contributed by atoms with Crippen LogP contribution in [0.1, 0.15) is 27.7 Å². The van der Waals surface area contributed by atoms with Crippen molar-refractivity contribution in [2.45, 2.75) is 47.0 Å². The Morgan fingerprint density at radius 1 is 0.850 bits per heavy atom. The molecule has 0 N–H and O–H groups in total. The fraction of sp³-hybridized carbons (Fsp3) is 0.500. The summed E-state index contributed by atoms with van der Waals surface area (Å²) < 4.78 is 0.891. The Balaban J connectivity index is 0.00000180. The summed E-state index contributed by atoms with van der Waals surface area (Å²) in [6, 6.07) is 0. The van der Waals surface area contributed by atoms with Crippen molar-refractivity contribution in [3.8, 4) is 0 Å². The van der Waals surface area contributed by atoms with Gasteiger partial charge in [-0.15, -0.1) is 0 Å². The zero-order chi connectivity index (χ0) is 13.6. The summed E-state index contributed by atoms with van der Waals surface area (Å²) in [4.78, 5) is 0. The predicted octanol–water partition coefficient (Wildman–Crippen LogP) is -1.01. The van der Waals surface area contributed by atoms with Gasteiger partial charge in [0.1, 0.15) is 0 Å². The minimum atomic E-state index is -1.63. The van der Waals surface area contributed by atoms with Gasteiger partial charge < -0.3 is 9.41 Å². The van der Waals surface area contributed by atoms with E-state index in [9.17, 15) is 0 Å². The van der Waals surface area contributed by atoms with Gasteiger partial charge in [-0.2, -0.15) is 0 Å². The van der Waals surface area contributed by atoms with Crippen molar-refractivity contribution in [1.82, 2.24) is 0 Å². The largest absolute Gasteiger partial charge is 1.00 e. The Bertz CT molecular complexity index is 439. The first-order chi connectivity index (χ1) is 8.32. The summed E-state index contributed by atoms with van der Waals surface area (Å²) in [7, 11) is 0. The SMILES string of the molecule is CC1=CC=C[C]1(C)[Zr+2]([SiH](C)C)[C]1(C)C=CC=C1C.[F-].[F-]. The number of rotatable bonds is 3. The van der Waals surface area contributed by atoms with Gasteiger partial charge in [0.25, 0.3) is 0 Å². The van der Waals surface area contributed by atoms with Crippen LogP contribution in [0.15, 0.2) is 47.6 Å². The Kier molecular flexibility index (Phi) is 6.76. The van der Waals surface area contributed by atoms with E-state index in [0.717, 1.165) is 0 Å². The number of hydrogen-bond acceptors (Lipinski definition) is 0. The van der Waals surface area contributed by atoms with E-state index in [0.29, 0.717) is 6.25 Å². The molecule has 2 aliphatic carbocycles. The van der Waals surface area contributed by atoms with E-state index in [2.05, 4.69) is 77.2 Å². The number of hydrogen-bond donors (Lipinski definition) is 0. The zero-order valence-corrected chi connectivity index (χ0v) is 16.9. The van der Waals surface area contributed by atoms with Crippen LogP contribution in [0.3, 0.4) is 0 Å². The minimum Gasteiger partial charge on any atom is -1.00 e. The average Bonchev–Trinajstić information content (AvgIpc) is 2.74. The molecule has 0 nitrogen and oxygen atoms in total. The first-order valence-corrected chi connectivity index (χ1v) is 16.5. The van der Waals surface area contributed by atoms with Gasteiger partial charge >= 0.3 is 121 Å². The van der Waals surface area contributed by atoms with E-state index >= 15 is 0 Å². The van der Waals surface area contributed by atoms with E-state index in [1.165, 1.54) is 0 Å². The van der Waals surface area contributed by atoms with E-state index in [4.69, 9.17) is 0 Å². The van der Waals surface area contributed by atoms with Crippen LogP contribution in [0.25, 0.3) is 0 Å². The zero-order valence-electron chi connectivity index (χ0n) is 13.3. The second kappa shape index (κ2) is 6.79. The molecule has 4 heteroatoms. The van der Waals surface area contributed by atoms with Crippen molar-refractivity contribution in [2.75, 3.05) is 0 Å². The molecule has 2 atom stereocenters. The van der Waals surface area contributed by atoms with Gasteiger partial charge in [-0.05, 0) is 0 Å². The second-order valence-corrected chi connectivity index (χ2v) is 27.8. The molecule has 0 saturated carbocycles. The molecule has 2 rings (SSSR count). The van der Waals surface area contributed by atoms with Crippen LogP contribution in [0, 0.1) is 0 Å². The first-order valence-electron chi connectivity index (χ1n) is 6.93. The average molecular weight is 375 g/mol. The Hall–Kier alpha value is -0.0800. The molecule has 0 spiro atoms. The maximum Gasteiger partial charge on any atom is -1.00 e. The molecule has 0 aromatic heterocycles. The van der Waals surface area contributed by atoms with Crippen molar-refractivity contribution in [3.63, 3.8) is 0 Å². The Morgan fingerprint density at radius 2 is 1.20 bits per heavy atom. The topological polar surface area (TPSA) is 0 Å². The van der Waals surface area contributed by atoms with Crippen LogP contribution < -0.4 is 9.41 Å². The van der Waals surface area contributed by atoms with Gasteiger partial charge in [-0.25, -0.2) is 0 Å². The van der Waals surface area contributed by atoms with Gasteiger partial charge in [0.2, 0.25) is 0 Å². The van der Waals surface area contributed by atoms with Gasteiger partial charge in [-0.3, -0.25) is 0 Å². The standard InChI is InChI=1S/2C7H9.C2H7Si.2FH.Zr/c2*1-6-4-3-5-7(6)2;1-3-2;;;/h2*3-5H,1-2H3;3H,1-2H3;2*1H;/q;;;;;+2/p-2. The van der Waals surface area contributed by atoms with Crippen LogP contribution in [0.2, 0.25) is 19.3 Å². The second-order valence-electron chi connectivity index (χ2n) is 6.39. The van der Waals surface area contributed by atoms with Gasteiger partial charge in [0.15, 0.2) is 0 Å². The number of allylic oxidation sites excluding steroid dienone is 8. The van der Waals surface area contributed by atoms with E-state index in [-0.39, 0.29) is 9.41 Å². The molecular weight excluding hydrogens is 349 g/mol. The van der Waals surface area contributed by atoms with Crippen molar-refractivity contribution < 1.29 is 30.3 Å². The molecule has 0 radical (unpaired) electrons. The van der Waals surface area contributed by atoms with E-state index in [1.807, 2.05) is 0 Å². The summed E-state index contributed by atoms with van der Waals surface area (Å²) in [5.74, 6) is -0.590. The van der Waals surface area contributed by atoms with Crippen LogP contribution in [0.4, 0.5) is 0 Å². The third-order valence-electron chi connectivity index (χ3n) is 4.89. The Morgan fingerprint density at radius 3 is 1.40 bits per heavy atom. The minimum absolute atomic E-state index is 0. The number of halogens is 2. The third-order valence-corrected chi connectivity index (χ3v) is 29.9. The molecule has 0 aliphatic heterocycles. The van der Waals surface area contributed by atoms with Gasteiger partial charge in [0.05, 0.1) is 0 Å². The molecule has 0 fully saturated rings. The molecule has 2 unspecified atom stereocenters. The Labute approximate surface area is 130 Å². The molecule has 0 aromatic rings. The maximum absolute atomic E-state index is 2.59. The fourth-order valence-corrected chi connectivity index (χ4v) is 34.1.